The third-order valence-electron chi connectivity index (χ3n) is 3.97. The molecule has 0 saturated heterocycles. The van der Waals surface area contributed by atoms with Crippen LogP contribution in [0.15, 0.2) is 12.4 Å². The van der Waals surface area contributed by atoms with Crippen LogP contribution < -0.4 is 5.32 Å². The summed E-state index contributed by atoms with van der Waals surface area (Å²) in [5, 5.41) is 12.2. The lowest BCUT2D eigenvalue weighted by atomic mass is 9.87. The molecule has 1 aromatic heterocycles. The van der Waals surface area contributed by atoms with Crippen molar-refractivity contribution in [1.29, 1.82) is 5.26 Å². The van der Waals surface area contributed by atoms with Gasteiger partial charge in [-0.05, 0) is 24.7 Å². The first-order chi connectivity index (χ1) is 9.12. The van der Waals surface area contributed by atoms with Gasteiger partial charge in [0.15, 0.2) is 0 Å². The summed E-state index contributed by atoms with van der Waals surface area (Å²) >= 11 is 0. The van der Waals surface area contributed by atoms with Gasteiger partial charge in [-0.1, -0.05) is 13.8 Å². The molecule has 0 bridgehead atoms. The number of rotatable bonds is 6. The second kappa shape index (κ2) is 6.21. The van der Waals surface area contributed by atoms with E-state index in [0.717, 1.165) is 26.1 Å². The molecular weight excluding hydrogens is 236 g/mol. The predicted octanol–water partition coefficient (Wildman–Crippen LogP) is 2.68. The van der Waals surface area contributed by atoms with Crippen LogP contribution in [-0.2, 0) is 6.54 Å². The van der Waals surface area contributed by atoms with E-state index in [2.05, 4.69) is 41.0 Å². The molecular formula is C15H24N4. The minimum Gasteiger partial charge on any atom is -0.335 e. The molecule has 2 heterocycles. The van der Waals surface area contributed by atoms with E-state index in [1.807, 2.05) is 6.20 Å². The Bertz CT molecular complexity index is 441. The second-order valence-corrected chi connectivity index (χ2v) is 6.27. The van der Waals surface area contributed by atoms with E-state index in [1.165, 1.54) is 18.7 Å². The number of nitrogens with zero attached hydrogens (tertiary/aromatic N) is 3. The SMILES string of the molecule is CC(C)(CCC#N)CNC[C@H]1CCCn2ccnc21. The van der Waals surface area contributed by atoms with E-state index in [0.29, 0.717) is 12.3 Å². The molecule has 0 unspecified atom stereocenters. The van der Waals surface area contributed by atoms with Crippen LogP contribution in [0.1, 0.15) is 51.3 Å². The van der Waals surface area contributed by atoms with Crippen LogP contribution in [-0.4, -0.2) is 22.6 Å². The number of fused-ring (bicyclic) bond motifs is 1. The maximum Gasteiger partial charge on any atom is 0.113 e. The van der Waals surface area contributed by atoms with Crippen molar-refractivity contribution in [3.05, 3.63) is 18.2 Å². The van der Waals surface area contributed by atoms with Crippen molar-refractivity contribution in [2.24, 2.45) is 5.41 Å². The summed E-state index contributed by atoms with van der Waals surface area (Å²) in [4.78, 5) is 4.48. The molecule has 1 atom stereocenters. The summed E-state index contributed by atoms with van der Waals surface area (Å²) in [5.74, 6) is 1.77. The van der Waals surface area contributed by atoms with E-state index in [1.54, 1.807) is 0 Å². The lowest BCUT2D eigenvalue weighted by Gasteiger charge is -2.27. The van der Waals surface area contributed by atoms with Gasteiger partial charge >= 0.3 is 0 Å². The molecule has 1 N–H and O–H groups in total. The van der Waals surface area contributed by atoms with Crippen molar-refractivity contribution in [2.75, 3.05) is 13.1 Å². The second-order valence-electron chi connectivity index (χ2n) is 6.27. The number of hydrogen-bond acceptors (Lipinski definition) is 3. The third kappa shape index (κ3) is 3.81. The zero-order chi connectivity index (χ0) is 13.7. The van der Waals surface area contributed by atoms with Crippen LogP contribution in [0.25, 0.3) is 0 Å². The van der Waals surface area contributed by atoms with Crippen LogP contribution >= 0.6 is 0 Å². The predicted molar refractivity (Wildman–Crippen MR) is 75.7 cm³/mol. The van der Waals surface area contributed by atoms with Crippen molar-refractivity contribution in [3.63, 3.8) is 0 Å². The molecule has 0 radical (unpaired) electrons. The van der Waals surface area contributed by atoms with Gasteiger partial charge in [0.1, 0.15) is 5.82 Å². The van der Waals surface area contributed by atoms with Crippen molar-refractivity contribution in [1.82, 2.24) is 14.9 Å². The van der Waals surface area contributed by atoms with Crippen LogP contribution in [0.5, 0.6) is 0 Å². The molecule has 1 aromatic rings. The van der Waals surface area contributed by atoms with E-state index in [-0.39, 0.29) is 5.41 Å². The fourth-order valence-electron chi connectivity index (χ4n) is 2.77. The van der Waals surface area contributed by atoms with E-state index in [4.69, 9.17) is 5.26 Å². The van der Waals surface area contributed by atoms with E-state index >= 15 is 0 Å². The van der Waals surface area contributed by atoms with Gasteiger partial charge in [-0.2, -0.15) is 5.26 Å². The molecule has 0 saturated carbocycles. The Kier molecular flexibility index (Phi) is 4.60. The molecule has 1 aliphatic rings. The molecule has 19 heavy (non-hydrogen) atoms. The first kappa shape index (κ1) is 14.1. The maximum absolute atomic E-state index is 8.66. The quantitative estimate of drug-likeness (QED) is 0.855. The summed E-state index contributed by atoms with van der Waals surface area (Å²) in [6.45, 7) is 7.51. The number of nitriles is 1. The topological polar surface area (TPSA) is 53.6 Å². The maximum atomic E-state index is 8.66. The smallest absolute Gasteiger partial charge is 0.113 e. The van der Waals surface area contributed by atoms with Gasteiger partial charge in [0.2, 0.25) is 0 Å². The molecule has 0 amide bonds. The van der Waals surface area contributed by atoms with Gasteiger partial charge in [-0.3, -0.25) is 0 Å². The molecule has 0 spiro atoms. The molecule has 4 nitrogen and oxygen atoms in total. The average molecular weight is 260 g/mol. The number of aromatic nitrogens is 2. The Hall–Kier alpha value is -1.34. The Labute approximate surface area is 115 Å². The largest absolute Gasteiger partial charge is 0.335 e. The highest BCUT2D eigenvalue weighted by atomic mass is 15.1. The van der Waals surface area contributed by atoms with Crippen LogP contribution in [0.4, 0.5) is 0 Å². The molecule has 0 aliphatic carbocycles. The fourth-order valence-corrected chi connectivity index (χ4v) is 2.77. The number of imidazole rings is 1. The average Bonchev–Trinajstić information content (AvgIpc) is 2.85. The number of hydrogen-bond donors (Lipinski definition) is 1. The van der Waals surface area contributed by atoms with E-state index < -0.39 is 0 Å². The molecule has 2 rings (SSSR count). The van der Waals surface area contributed by atoms with Gasteiger partial charge in [0.05, 0.1) is 6.07 Å². The fraction of sp³-hybridized carbons (Fsp3) is 0.733. The molecule has 1 aliphatic heterocycles. The monoisotopic (exact) mass is 260 g/mol. The zero-order valence-corrected chi connectivity index (χ0v) is 12.0. The highest BCUT2D eigenvalue weighted by Gasteiger charge is 2.22. The highest BCUT2D eigenvalue weighted by Crippen LogP contribution is 2.26. The van der Waals surface area contributed by atoms with Crippen LogP contribution in [0.3, 0.4) is 0 Å². The van der Waals surface area contributed by atoms with Crippen molar-refractivity contribution >= 4 is 0 Å². The van der Waals surface area contributed by atoms with Gasteiger partial charge < -0.3 is 9.88 Å². The van der Waals surface area contributed by atoms with Crippen molar-refractivity contribution < 1.29 is 0 Å². The zero-order valence-electron chi connectivity index (χ0n) is 12.0. The first-order valence-electron chi connectivity index (χ1n) is 7.21. The number of aryl methyl sites for hydroxylation is 1. The number of nitrogens with one attached hydrogen (secondary N) is 1. The Morgan fingerprint density at radius 2 is 2.42 bits per heavy atom. The minimum absolute atomic E-state index is 0.194. The third-order valence-corrected chi connectivity index (χ3v) is 3.97. The van der Waals surface area contributed by atoms with Crippen LogP contribution in [0.2, 0.25) is 0 Å². The standard InChI is InChI=1S/C15H24N4/c1-15(2,6-4-7-16)12-17-11-13-5-3-9-19-10-8-18-14(13)19/h8,10,13,17H,3-6,9,11-12H2,1-2H3/t13-/m1/s1. The molecule has 4 heteroatoms. The Balaban J connectivity index is 1.80. The molecule has 0 aromatic carbocycles. The van der Waals surface area contributed by atoms with Crippen molar-refractivity contribution in [2.45, 2.75) is 52.0 Å². The summed E-state index contributed by atoms with van der Waals surface area (Å²) < 4.78 is 2.27. The first-order valence-corrected chi connectivity index (χ1v) is 7.21. The van der Waals surface area contributed by atoms with Crippen molar-refractivity contribution in [3.8, 4) is 6.07 Å². The van der Waals surface area contributed by atoms with Gasteiger partial charge in [0.25, 0.3) is 0 Å². The van der Waals surface area contributed by atoms with Crippen LogP contribution in [0, 0.1) is 16.7 Å². The highest BCUT2D eigenvalue weighted by molar-refractivity contribution is 5.04. The lowest BCUT2D eigenvalue weighted by molar-refractivity contribution is 0.307. The van der Waals surface area contributed by atoms with Gasteiger partial charge in [0, 0.05) is 44.4 Å². The summed E-state index contributed by atoms with van der Waals surface area (Å²) in [7, 11) is 0. The molecule has 104 valence electrons. The van der Waals surface area contributed by atoms with Gasteiger partial charge in [-0.25, -0.2) is 4.98 Å². The Morgan fingerprint density at radius 3 is 3.21 bits per heavy atom. The summed E-state index contributed by atoms with van der Waals surface area (Å²) in [5.41, 5.74) is 0.194. The normalized spacial score (nSPS) is 18.9. The van der Waals surface area contributed by atoms with Gasteiger partial charge in [-0.15, -0.1) is 0 Å². The lowest BCUT2D eigenvalue weighted by Crippen LogP contribution is -2.34. The Morgan fingerprint density at radius 1 is 1.58 bits per heavy atom. The minimum atomic E-state index is 0.194. The summed E-state index contributed by atoms with van der Waals surface area (Å²) in [6, 6.07) is 2.23. The van der Waals surface area contributed by atoms with E-state index in [9.17, 15) is 0 Å². The molecule has 0 fully saturated rings. The summed E-state index contributed by atoms with van der Waals surface area (Å²) in [6.07, 6.45) is 8.05.